The van der Waals surface area contributed by atoms with Gasteiger partial charge in [0, 0.05) is 38.5 Å². The molecule has 1 atom stereocenters. The Balaban J connectivity index is 1.33. The van der Waals surface area contributed by atoms with Gasteiger partial charge >= 0.3 is 0 Å². The number of benzene rings is 1. The van der Waals surface area contributed by atoms with Crippen molar-refractivity contribution in [3.8, 4) is 0 Å². The molecule has 0 amide bonds. The molecule has 140 valence electrons. The summed E-state index contributed by atoms with van der Waals surface area (Å²) in [6.07, 6.45) is 4.66. The first-order chi connectivity index (χ1) is 12.8. The maximum absolute atomic E-state index is 13.1. The minimum absolute atomic E-state index is 0.135. The van der Waals surface area contributed by atoms with E-state index in [1.165, 1.54) is 18.6 Å². The summed E-state index contributed by atoms with van der Waals surface area (Å²) in [5.41, 5.74) is 1.10. The molecule has 0 radical (unpaired) electrons. The number of furan rings is 1. The summed E-state index contributed by atoms with van der Waals surface area (Å²) in [5.74, 6) is 1.81. The summed E-state index contributed by atoms with van der Waals surface area (Å²) in [7, 11) is 0. The number of halogens is 1. The van der Waals surface area contributed by atoms with E-state index in [1.807, 2.05) is 12.1 Å². The Kier molecular flexibility index (Phi) is 5.56. The van der Waals surface area contributed by atoms with E-state index in [4.69, 9.17) is 9.15 Å². The summed E-state index contributed by atoms with van der Waals surface area (Å²) in [4.78, 5) is 4.77. The topological polar surface area (TPSA) is 28.9 Å². The SMILES string of the molecule is Fc1ccc(N2CCCN(Cc3ccc([C@@H]4CCCCO4)o3)CC2)cc1. The van der Waals surface area contributed by atoms with Gasteiger partial charge in [-0.1, -0.05) is 0 Å². The highest BCUT2D eigenvalue weighted by atomic mass is 19.1. The van der Waals surface area contributed by atoms with Crippen LogP contribution in [0.15, 0.2) is 40.8 Å². The number of anilines is 1. The molecule has 2 fully saturated rings. The quantitative estimate of drug-likeness (QED) is 0.811. The number of nitrogens with zero attached hydrogens (tertiary/aromatic N) is 2. The number of hydrogen-bond acceptors (Lipinski definition) is 4. The van der Waals surface area contributed by atoms with Gasteiger partial charge in [0.1, 0.15) is 23.4 Å². The third-order valence-corrected chi connectivity index (χ3v) is 5.34. The molecule has 2 aliphatic heterocycles. The van der Waals surface area contributed by atoms with E-state index in [2.05, 4.69) is 21.9 Å². The van der Waals surface area contributed by atoms with Crippen LogP contribution in [0.2, 0.25) is 0 Å². The standard InChI is InChI=1S/C21H27FN2O2/c22-17-5-7-18(8-6-17)24-12-3-11-23(13-14-24)16-19-9-10-21(26-19)20-4-1-2-15-25-20/h5-10,20H,1-4,11-16H2/t20-/m0/s1. The van der Waals surface area contributed by atoms with Crippen LogP contribution in [0.5, 0.6) is 0 Å². The number of hydrogen-bond donors (Lipinski definition) is 0. The van der Waals surface area contributed by atoms with Gasteiger partial charge in [-0.15, -0.1) is 0 Å². The second kappa shape index (κ2) is 8.23. The summed E-state index contributed by atoms with van der Waals surface area (Å²) < 4.78 is 25.0. The van der Waals surface area contributed by atoms with Crippen LogP contribution < -0.4 is 4.90 Å². The minimum Gasteiger partial charge on any atom is -0.462 e. The molecule has 1 aromatic heterocycles. The third-order valence-electron chi connectivity index (χ3n) is 5.34. The monoisotopic (exact) mass is 358 g/mol. The molecule has 0 bridgehead atoms. The lowest BCUT2D eigenvalue weighted by molar-refractivity contribution is 0.000872. The van der Waals surface area contributed by atoms with Gasteiger partial charge in [-0.2, -0.15) is 0 Å². The minimum atomic E-state index is -0.180. The molecular formula is C21H27FN2O2. The Labute approximate surface area is 154 Å². The normalized spacial score (nSPS) is 22.3. The molecule has 4 nitrogen and oxygen atoms in total. The average Bonchev–Trinajstić information content (AvgIpc) is 3.02. The zero-order valence-electron chi connectivity index (χ0n) is 15.2. The Hall–Kier alpha value is -1.85. The van der Waals surface area contributed by atoms with E-state index >= 15 is 0 Å². The van der Waals surface area contributed by atoms with Crippen LogP contribution in [0.4, 0.5) is 10.1 Å². The second-order valence-electron chi connectivity index (χ2n) is 7.25. The fraction of sp³-hybridized carbons (Fsp3) is 0.524. The van der Waals surface area contributed by atoms with Crippen LogP contribution in [0.25, 0.3) is 0 Å². The lowest BCUT2D eigenvalue weighted by atomic mass is 10.1. The maximum Gasteiger partial charge on any atom is 0.133 e. The second-order valence-corrected chi connectivity index (χ2v) is 7.25. The van der Waals surface area contributed by atoms with Gasteiger partial charge in [0.25, 0.3) is 0 Å². The Morgan fingerprint density at radius 1 is 0.923 bits per heavy atom. The van der Waals surface area contributed by atoms with Crippen LogP contribution in [0.1, 0.15) is 43.3 Å². The molecule has 0 spiro atoms. The largest absolute Gasteiger partial charge is 0.462 e. The molecule has 5 heteroatoms. The van der Waals surface area contributed by atoms with E-state index in [1.54, 1.807) is 0 Å². The van der Waals surface area contributed by atoms with Gasteiger partial charge in [0.2, 0.25) is 0 Å². The Morgan fingerprint density at radius 3 is 2.62 bits per heavy atom. The average molecular weight is 358 g/mol. The fourth-order valence-electron chi connectivity index (χ4n) is 3.88. The molecule has 1 aromatic carbocycles. The number of ether oxygens (including phenoxy) is 1. The molecule has 2 saturated heterocycles. The first kappa shape index (κ1) is 17.6. The zero-order chi connectivity index (χ0) is 17.8. The van der Waals surface area contributed by atoms with Crippen molar-refractivity contribution in [1.82, 2.24) is 4.90 Å². The van der Waals surface area contributed by atoms with E-state index in [0.717, 1.165) is 75.8 Å². The van der Waals surface area contributed by atoms with Crippen molar-refractivity contribution in [2.45, 2.75) is 38.3 Å². The molecule has 0 aliphatic carbocycles. The smallest absolute Gasteiger partial charge is 0.133 e. The molecular weight excluding hydrogens is 331 g/mol. The Bertz CT molecular complexity index is 694. The van der Waals surface area contributed by atoms with Crippen LogP contribution >= 0.6 is 0 Å². The molecule has 4 rings (SSSR count). The van der Waals surface area contributed by atoms with Crippen LogP contribution in [0, 0.1) is 5.82 Å². The number of rotatable bonds is 4. The molecule has 0 saturated carbocycles. The summed E-state index contributed by atoms with van der Waals surface area (Å²) in [6, 6.07) is 11.0. The molecule has 0 unspecified atom stereocenters. The van der Waals surface area contributed by atoms with E-state index in [0.29, 0.717) is 0 Å². The predicted octanol–water partition coefficient (Wildman–Crippen LogP) is 4.37. The lowest BCUT2D eigenvalue weighted by Gasteiger charge is -2.23. The van der Waals surface area contributed by atoms with Gasteiger partial charge in [-0.3, -0.25) is 4.90 Å². The molecule has 26 heavy (non-hydrogen) atoms. The van der Waals surface area contributed by atoms with Crippen molar-refractivity contribution in [3.05, 3.63) is 53.7 Å². The van der Waals surface area contributed by atoms with Gasteiger partial charge in [0.15, 0.2) is 0 Å². The van der Waals surface area contributed by atoms with Crippen molar-refractivity contribution in [1.29, 1.82) is 0 Å². The molecule has 2 aromatic rings. The fourth-order valence-corrected chi connectivity index (χ4v) is 3.88. The highest BCUT2D eigenvalue weighted by Gasteiger charge is 2.21. The molecule has 3 heterocycles. The summed E-state index contributed by atoms with van der Waals surface area (Å²) >= 11 is 0. The van der Waals surface area contributed by atoms with Crippen molar-refractivity contribution in [3.63, 3.8) is 0 Å². The van der Waals surface area contributed by atoms with E-state index < -0.39 is 0 Å². The van der Waals surface area contributed by atoms with Gasteiger partial charge in [-0.25, -0.2) is 4.39 Å². The van der Waals surface area contributed by atoms with Gasteiger partial charge in [0.05, 0.1) is 6.54 Å². The highest BCUT2D eigenvalue weighted by molar-refractivity contribution is 5.46. The Morgan fingerprint density at radius 2 is 1.81 bits per heavy atom. The maximum atomic E-state index is 13.1. The van der Waals surface area contributed by atoms with Crippen molar-refractivity contribution in [2.24, 2.45) is 0 Å². The first-order valence-electron chi connectivity index (χ1n) is 9.71. The van der Waals surface area contributed by atoms with Crippen molar-refractivity contribution < 1.29 is 13.5 Å². The van der Waals surface area contributed by atoms with Crippen molar-refractivity contribution in [2.75, 3.05) is 37.7 Å². The van der Waals surface area contributed by atoms with E-state index in [9.17, 15) is 4.39 Å². The highest BCUT2D eigenvalue weighted by Crippen LogP contribution is 2.29. The van der Waals surface area contributed by atoms with Crippen LogP contribution in [0.3, 0.4) is 0 Å². The van der Waals surface area contributed by atoms with Crippen LogP contribution in [-0.4, -0.2) is 37.7 Å². The summed E-state index contributed by atoms with van der Waals surface area (Å²) in [6.45, 7) is 5.66. The zero-order valence-corrected chi connectivity index (χ0v) is 15.2. The van der Waals surface area contributed by atoms with Crippen molar-refractivity contribution >= 4 is 5.69 Å². The molecule has 0 N–H and O–H groups in total. The molecule has 2 aliphatic rings. The predicted molar refractivity (Wildman–Crippen MR) is 99.8 cm³/mol. The van der Waals surface area contributed by atoms with Gasteiger partial charge in [-0.05, 0) is 62.1 Å². The third kappa shape index (κ3) is 4.27. The lowest BCUT2D eigenvalue weighted by Crippen LogP contribution is -2.30. The summed E-state index contributed by atoms with van der Waals surface area (Å²) in [5, 5.41) is 0. The van der Waals surface area contributed by atoms with Gasteiger partial charge < -0.3 is 14.1 Å². The van der Waals surface area contributed by atoms with E-state index in [-0.39, 0.29) is 11.9 Å². The first-order valence-corrected chi connectivity index (χ1v) is 9.71. The van der Waals surface area contributed by atoms with Crippen LogP contribution in [-0.2, 0) is 11.3 Å².